The lowest BCUT2D eigenvalue weighted by molar-refractivity contribution is 0.0570. The van der Waals surface area contributed by atoms with Crippen LogP contribution in [0.1, 0.15) is 107 Å². The Kier molecular flexibility index (Phi) is 4.98. The first-order valence-electron chi connectivity index (χ1n) is 11.7. The third-order valence-electron chi connectivity index (χ3n) is 6.87. The standard InChI is InChI=1S/C25H32N2O5S/c1-24(2,3)32-23(28)27-33(29,30)17-12-10-14(11-13-17)18-19(25(18,4)5)22-26-20(15-6-7-15)21(31-22)16-8-9-16/h10-13,15-16,18-19H,6-9H2,1-5H3,(H,27,28)/t18-,19+/m1/s1. The Balaban J connectivity index is 1.33. The van der Waals surface area contributed by atoms with E-state index in [4.69, 9.17) is 14.1 Å². The summed E-state index contributed by atoms with van der Waals surface area (Å²) < 4.78 is 38.5. The van der Waals surface area contributed by atoms with Gasteiger partial charge in [-0.15, -0.1) is 0 Å². The topological polar surface area (TPSA) is 98.5 Å². The molecule has 1 amide bonds. The van der Waals surface area contributed by atoms with Crippen molar-refractivity contribution in [2.75, 3.05) is 0 Å². The number of nitrogens with zero attached hydrogens (tertiary/aromatic N) is 1. The summed E-state index contributed by atoms with van der Waals surface area (Å²) in [7, 11) is -4.01. The Labute approximate surface area is 195 Å². The molecule has 0 unspecified atom stereocenters. The molecule has 0 spiro atoms. The third-order valence-corrected chi connectivity index (χ3v) is 8.20. The van der Waals surface area contributed by atoms with E-state index in [0.29, 0.717) is 11.8 Å². The van der Waals surface area contributed by atoms with Gasteiger partial charge in [0.15, 0.2) is 5.89 Å². The lowest BCUT2D eigenvalue weighted by atomic mass is 10.0. The molecule has 1 aromatic heterocycles. The molecular formula is C25H32N2O5S. The number of nitrogens with one attached hydrogen (secondary N) is 1. The normalized spacial score (nSPS) is 24.4. The molecule has 5 rings (SSSR count). The highest BCUT2D eigenvalue weighted by Crippen LogP contribution is 2.70. The first-order valence-corrected chi connectivity index (χ1v) is 13.2. The quantitative estimate of drug-likeness (QED) is 0.592. The van der Waals surface area contributed by atoms with Gasteiger partial charge in [0.25, 0.3) is 10.0 Å². The second-order valence-electron chi connectivity index (χ2n) is 11.3. The van der Waals surface area contributed by atoms with Crippen LogP contribution >= 0.6 is 0 Å². The first kappa shape index (κ1) is 22.4. The molecule has 3 saturated carbocycles. The molecule has 3 fully saturated rings. The summed E-state index contributed by atoms with van der Waals surface area (Å²) in [6.07, 6.45) is 3.81. The number of aromatic nitrogens is 1. The Morgan fingerprint density at radius 3 is 2.21 bits per heavy atom. The fourth-order valence-electron chi connectivity index (χ4n) is 4.82. The lowest BCUT2D eigenvalue weighted by Gasteiger charge is -2.19. The van der Waals surface area contributed by atoms with Crippen molar-refractivity contribution in [3.05, 3.63) is 47.2 Å². The van der Waals surface area contributed by atoms with E-state index in [1.54, 1.807) is 20.8 Å². The molecule has 0 saturated heterocycles. The van der Waals surface area contributed by atoms with Gasteiger partial charge >= 0.3 is 6.09 Å². The molecule has 1 N–H and O–H groups in total. The molecule has 3 aliphatic rings. The van der Waals surface area contributed by atoms with Crippen LogP contribution in [0.3, 0.4) is 0 Å². The molecule has 3 aliphatic carbocycles. The van der Waals surface area contributed by atoms with E-state index >= 15 is 0 Å². The second-order valence-corrected chi connectivity index (χ2v) is 13.0. The number of hydrogen-bond donors (Lipinski definition) is 1. The van der Waals surface area contributed by atoms with Gasteiger partial charge in [-0.3, -0.25) is 0 Å². The highest BCUT2D eigenvalue weighted by Gasteiger charge is 2.62. The molecule has 178 valence electrons. The number of hydrogen-bond acceptors (Lipinski definition) is 6. The summed E-state index contributed by atoms with van der Waals surface area (Å²) in [6.45, 7) is 9.44. The van der Waals surface area contributed by atoms with E-state index < -0.39 is 21.7 Å². The van der Waals surface area contributed by atoms with Gasteiger partial charge in [0.05, 0.1) is 10.6 Å². The highest BCUT2D eigenvalue weighted by atomic mass is 32.2. The number of sulfonamides is 1. The average Bonchev–Trinajstić information content (AvgIpc) is 3.60. The van der Waals surface area contributed by atoms with E-state index in [9.17, 15) is 13.2 Å². The predicted octanol–water partition coefficient (Wildman–Crippen LogP) is 5.55. The minimum absolute atomic E-state index is 0.0234. The largest absolute Gasteiger partial charge is 0.445 e. The molecule has 0 bridgehead atoms. The summed E-state index contributed by atoms with van der Waals surface area (Å²) >= 11 is 0. The Hall–Kier alpha value is -2.35. The molecule has 2 atom stereocenters. The van der Waals surface area contributed by atoms with Crippen LogP contribution < -0.4 is 4.72 Å². The smallest absolute Gasteiger partial charge is 0.421 e. The van der Waals surface area contributed by atoms with Crippen molar-refractivity contribution in [3.63, 3.8) is 0 Å². The van der Waals surface area contributed by atoms with Crippen molar-refractivity contribution in [3.8, 4) is 0 Å². The zero-order chi connectivity index (χ0) is 23.8. The maximum absolute atomic E-state index is 12.6. The van der Waals surface area contributed by atoms with Gasteiger partial charge < -0.3 is 9.15 Å². The second kappa shape index (κ2) is 7.32. The fourth-order valence-corrected chi connectivity index (χ4v) is 5.70. The van der Waals surface area contributed by atoms with Gasteiger partial charge in [0.2, 0.25) is 0 Å². The molecular weight excluding hydrogens is 440 g/mol. The highest BCUT2D eigenvalue weighted by molar-refractivity contribution is 7.90. The van der Waals surface area contributed by atoms with Gasteiger partial charge in [0.1, 0.15) is 11.4 Å². The third kappa shape index (κ3) is 4.42. The molecule has 8 heteroatoms. The monoisotopic (exact) mass is 472 g/mol. The van der Waals surface area contributed by atoms with E-state index in [0.717, 1.165) is 17.2 Å². The van der Waals surface area contributed by atoms with Crippen LogP contribution in [-0.2, 0) is 14.8 Å². The minimum Gasteiger partial charge on any atom is -0.445 e. The fraction of sp³-hybridized carbons (Fsp3) is 0.600. The van der Waals surface area contributed by atoms with Gasteiger partial charge in [-0.1, -0.05) is 26.0 Å². The Bertz CT molecular complexity index is 1150. The van der Waals surface area contributed by atoms with E-state index in [-0.39, 0.29) is 22.1 Å². The molecule has 2 aromatic rings. The minimum atomic E-state index is -4.01. The van der Waals surface area contributed by atoms with E-state index in [1.165, 1.54) is 43.5 Å². The number of ether oxygens (including phenoxy) is 1. The van der Waals surface area contributed by atoms with Crippen LogP contribution in [0.4, 0.5) is 4.79 Å². The number of carbonyl (C=O) groups is 1. The van der Waals surface area contributed by atoms with Gasteiger partial charge in [-0.05, 0) is 69.6 Å². The average molecular weight is 473 g/mol. The van der Waals surface area contributed by atoms with Crippen LogP contribution in [0.15, 0.2) is 33.6 Å². The number of benzene rings is 1. The Morgan fingerprint density at radius 2 is 1.67 bits per heavy atom. The van der Waals surface area contributed by atoms with Crippen LogP contribution in [0.25, 0.3) is 0 Å². The molecule has 1 heterocycles. The molecule has 1 aromatic carbocycles. The van der Waals surface area contributed by atoms with Gasteiger partial charge in [0, 0.05) is 23.7 Å². The molecule has 7 nitrogen and oxygen atoms in total. The Morgan fingerprint density at radius 1 is 1.06 bits per heavy atom. The van der Waals surface area contributed by atoms with E-state index in [1.807, 2.05) is 16.9 Å². The maximum Gasteiger partial charge on any atom is 0.421 e. The molecule has 0 radical (unpaired) electrons. The van der Waals surface area contributed by atoms with Gasteiger partial charge in [-0.2, -0.15) is 0 Å². The van der Waals surface area contributed by atoms with Gasteiger partial charge in [-0.25, -0.2) is 22.9 Å². The predicted molar refractivity (Wildman–Crippen MR) is 123 cm³/mol. The number of amides is 1. The zero-order valence-corrected chi connectivity index (χ0v) is 20.7. The number of carbonyl (C=O) groups excluding carboxylic acids is 1. The number of oxazole rings is 1. The van der Waals surface area contributed by atoms with Crippen molar-refractivity contribution in [2.45, 2.75) is 94.5 Å². The summed E-state index contributed by atoms with van der Waals surface area (Å²) in [5.41, 5.74) is 1.42. The van der Waals surface area contributed by atoms with Crippen molar-refractivity contribution in [1.29, 1.82) is 0 Å². The summed E-state index contributed by atoms with van der Waals surface area (Å²) in [6, 6.07) is 6.72. The van der Waals surface area contributed by atoms with Crippen LogP contribution in [0.2, 0.25) is 0 Å². The van der Waals surface area contributed by atoms with E-state index in [2.05, 4.69) is 13.8 Å². The zero-order valence-electron chi connectivity index (χ0n) is 19.8. The van der Waals surface area contributed by atoms with Crippen LogP contribution in [-0.4, -0.2) is 25.1 Å². The van der Waals surface area contributed by atoms with Crippen molar-refractivity contribution < 1.29 is 22.4 Å². The first-order chi connectivity index (χ1) is 15.4. The summed E-state index contributed by atoms with van der Waals surface area (Å²) in [5, 5.41) is 0. The lowest BCUT2D eigenvalue weighted by Crippen LogP contribution is -2.36. The maximum atomic E-state index is 12.6. The molecule has 33 heavy (non-hydrogen) atoms. The van der Waals surface area contributed by atoms with Crippen molar-refractivity contribution in [2.24, 2.45) is 5.41 Å². The van der Waals surface area contributed by atoms with Crippen LogP contribution in [0, 0.1) is 5.41 Å². The summed E-state index contributed by atoms with van der Waals surface area (Å²) in [4.78, 5) is 16.9. The molecule has 0 aliphatic heterocycles. The summed E-state index contributed by atoms with van der Waals surface area (Å²) in [5.74, 6) is 3.43. The van der Waals surface area contributed by atoms with Crippen molar-refractivity contribution >= 4 is 16.1 Å². The SMILES string of the molecule is CC(C)(C)OC(=O)NS(=O)(=O)c1ccc([C@@H]2[C@@H](c3nc(C4CC4)c(C4CC4)o3)C2(C)C)cc1. The van der Waals surface area contributed by atoms with Crippen molar-refractivity contribution in [1.82, 2.24) is 9.71 Å². The number of rotatable bonds is 6. The van der Waals surface area contributed by atoms with Crippen LogP contribution in [0.5, 0.6) is 0 Å².